The lowest BCUT2D eigenvalue weighted by atomic mass is 9.86. The normalized spacial score (nSPS) is 24.9. The van der Waals surface area contributed by atoms with Crippen LogP contribution in [0.2, 0.25) is 0 Å². The van der Waals surface area contributed by atoms with E-state index in [2.05, 4.69) is 5.32 Å². The van der Waals surface area contributed by atoms with E-state index in [0.29, 0.717) is 35.6 Å². The highest BCUT2D eigenvalue weighted by Gasteiger charge is 2.51. The van der Waals surface area contributed by atoms with E-state index in [0.717, 1.165) is 0 Å². The van der Waals surface area contributed by atoms with Crippen molar-refractivity contribution >= 4 is 21.8 Å². The number of phenolic OH excluding ortho intramolecular Hbond substituents is 1. The van der Waals surface area contributed by atoms with Crippen LogP contribution in [0.15, 0.2) is 6.07 Å². The molecule has 7 nitrogen and oxygen atoms in total. The van der Waals surface area contributed by atoms with E-state index in [9.17, 15) is 27.1 Å². The Balaban J connectivity index is 1.58. The molecule has 0 aromatic heterocycles. The number of aryl methyl sites for hydroxylation is 1. The first-order valence-electron chi connectivity index (χ1n) is 9.01. The minimum Gasteiger partial charge on any atom is -0.506 e. The summed E-state index contributed by atoms with van der Waals surface area (Å²) >= 11 is 0. The summed E-state index contributed by atoms with van der Waals surface area (Å²) in [6.07, 6.45) is -0.289. The molecular weight excluding hydrogens is 399 g/mol. The number of aromatic hydroxyl groups is 1. The molecule has 1 saturated heterocycles. The van der Waals surface area contributed by atoms with Crippen LogP contribution >= 0.6 is 0 Å². The van der Waals surface area contributed by atoms with Crippen LogP contribution in [0, 0.1) is 11.2 Å². The Labute approximate surface area is 160 Å². The second-order valence-electron chi connectivity index (χ2n) is 7.72. The Hall–Kier alpha value is -2.01. The first kappa shape index (κ1) is 19.3. The van der Waals surface area contributed by atoms with Gasteiger partial charge in [-0.1, -0.05) is 0 Å². The van der Waals surface area contributed by atoms with Crippen LogP contribution in [0.25, 0.3) is 0 Å². The van der Waals surface area contributed by atoms with Gasteiger partial charge in [-0.2, -0.15) is 8.42 Å². The Morgan fingerprint density at radius 1 is 1.39 bits per heavy atom. The number of hydrogen-bond acceptors (Lipinski definition) is 5. The third-order valence-corrected chi connectivity index (χ3v) is 7.17. The van der Waals surface area contributed by atoms with Gasteiger partial charge in [0.2, 0.25) is 6.43 Å². The van der Waals surface area contributed by atoms with Gasteiger partial charge in [0.15, 0.2) is 5.82 Å². The number of benzene rings is 1. The van der Waals surface area contributed by atoms with Crippen molar-refractivity contribution in [1.29, 1.82) is 0 Å². The number of alkyl halides is 2. The maximum atomic E-state index is 15.2. The molecule has 1 atom stereocenters. The van der Waals surface area contributed by atoms with Gasteiger partial charge in [0.1, 0.15) is 18.0 Å². The third kappa shape index (κ3) is 3.20. The third-order valence-electron chi connectivity index (χ3n) is 5.79. The van der Waals surface area contributed by atoms with E-state index in [4.69, 9.17) is 0 Å². The summed E-state index contributed by atoms with van der Waals surface area (Å²) in [6.45, 7) is -0.472. The lowest BCUT2D eigenvalue weighted by molar-refractivity contribution is -0.117. The number of nitrogens with zero attached hydrogens (tertiary/aromatic N) is 1. The summed E-state index contributed by atoms with van der Waals surface area (Å²) in [5.41, 5.74) is -0.783. The van der Waals surface area contributed by atoms with Gasteiger partial charge in [0.25, 0.3) is 5.91 Å². The fourth-order valence-corrected chi connectivity index (χ4v) is 5.04. The average molecular weight is 419 g/mol. The van der Waals surface area contributed by atoms with Gasteiger partial charge in [0.05, 0.1) is 0 Å². The fraction of sp³-hybridized carbons (Fsp3) is 0.588. The van der Waals surface area contributed by atoms with E-state index < -0.39 is 51.8 Å². The highest BCUT2D eigenvalue weighted by molar-refractivity contribution is 7.92. The summed E-state index contributed by atoms with van der Waals surface area (Å²) in [5.74, 6) is -2.29. The summed E-state index contributed by atoms with van der Waals surface area (Å²) < 4.78 is 67.6. The lowest BCUT2D eigenvalue weighted by Crippen LogP contribution is -2.40. The minimum absolute atomic E-state index is 0.149. The molecule has 1 saturated carbocycles. The highest BCUT2D eigenvalue weighted by atomic mass is 32.2. The SMILES string of the molecule is O=C1CN(c2c(O)cc3c(c2F)C[C@H](NCC2(C(F)F)CC2)CC3)S(=O)(=O)N1. The lowest BCUT2D eigenvalue weighted by Gasteiger charge is -2.29. The van der Waals surface area contributed by atoms with Crippen LogP contribution in [0.4, 0.5) is 18.9 Å². The van der Waals surface area contributed by atoms with Crippen molar-refractivity contribution in [1.82, 2.24) is 10.0 Å². The maximum Gasteiger partial charge on any atom is 0.326 e. The summed E-state index contributed by atoms with van der Waals surface area (Å²) in [7, 11) is -4.27. The van der Waals surface area contributed by atoms with Crippen LogP contribution in [0.3, 0.4) is 0 Å². The summed E-state index contributed by atoms with van der Waals surface area (Å²) in [4.78, 5) is 11.4. The molecule has 0 unspecified atom stereocenters. The van der Waals surface area contributed by atoms with Crippen molar-refractivity contribution in [3.05, 3.63) is 23.0 Å². The Bertz CT molecular complexity index is 934. The highest BCUT2D eigenvalue weighted by Crippen LogP contribution is 2.50. The van der Waals surface area contributed by atoms with Crippen LogP contribution in [-0.4, -0.2) is 45.0 Å². The first-order valence-corrected chi connectivity index (χ1v) is 10.4. The molecule has 3 N–H and O–H groups in total. The predicted molar refractivity (Wildman–Crippen MR) is 94.0 cm³/mol. The zero-order valence-electron chi connectivity index (χ0n) is 14.8. The molecule has 1 aromatic rings. The number of anilines is 1. The number of amides is 1. The number of hydrogen-bond donors (Lipinski definition) is 3. The number of halogens is 3. The van der Waals surface area contributed by atoms with Crippen molar-refractivity contribution in [3.63, 3.8) is 0 Å². The van der Waals surface area contributed by atoms with Crippen molar-refractivity contribution in [3.8, 4) is 5.75 Å². The molecule has 0 bridgehead atoms. The number of rotatable bonds is 5. The van der Waals surface area contributed by atoms with Crippen LogP contribution in [0.5, 0.6) is 5.75 Å². The van der Waals surface area contributed by atoms with Gasteiger partial charge >= 0.3 is 10.2 Å². The predicted octanol–water partition coefficient (Wildman–Crippen LogP) is 1.20. The number of fused-ring (bicyclic) bond motifs is 1. The summed E-state index contributed by atoms with van der Waals surface area (Å²) in [6, 6.07) is 1.08. The van der Waals surface area contributed by atoms with E-state index >= 15 is 4.39 Å². The molecule has 154 valence electrons. The van der Waals surface area contributed by atoms with Gasteiger partial charge in [-0.3, -0.25) is 4.79 Å². The molecule has 1 heterocycles. The number of carbonyl (C=O) groups is 1. The second kappa shape index (κ2) is 6.51. The number of nitrogens with one attached hydrogen (secondary N) is 2. The molecule has 11 heteroatoms. The Morgan fingerprint density at radius 3 is 2.68 bits per heavy atom. The monoisotopic (exact) mass is 419 g/mol. The van der Waals surface area contributed by atoms with Crippen molar-refractivity contribution < 1.29 is 31.5 Å². The molecule has 0 radical (unpaired) electrons. The molecule has 4 rings (SSSR count). The topological polar surface area (TPSA) is 98.7 Å². The van der Waals surface area contributed by atoms with E-state index in [1.165, 1.54) is 6.07 Å². The Morgan fingerprint density at radius 2 is 2.11 bits per heavy atom. The van der Waals surface area contributed by atoms with Crippen molar-refractivity contribution in [2.24, 2.45) is 5.41 Å². The molecule has 2 fully saturated rings. The quantitative estimate of drug-likeness (QED) is 0.666. The van der Waals surface area contributed by atoms with Crippen molar-refractivity contribution in [2.75, 3.05) is 17.4 Å². The molecule has 0 spiro atoms. The molecule has 1 aliphatic heterocycles. The van der Waals surface area contributed by atoms with E-state index in [1.807, 2.05) is 0 Å². The molecule has 2 aliphatic carbocycles. The molecule has 28 heavy (non-hydrogen) atoms. The van der Waals surface area contributed by atoms with Crippen LogP contribution < -0.4 is 14.3 Å². The van der Waals surface area contributed by atoms with E-state index in [-0.39, 0.29) is 24.6 Å². The zero-order chi connectivity index (χ0) is 20.3. The Kier molecular flexibility index (Phi) is 4.49. The maximum absolute atomic E-state index is 15.2. The van der Waals surface area contributed by atoms with Crippen molar-refractivity contribution in [2.45, 2.75) is 44.6 Å². The van der Waals surface area contributed by atoms with E-state index in [1.54, 1.807) is 4.72 Å². The second-order valence-corrected chi connectivity index (χ2v) is 9.31. The van der Waals surface area contributed by atoms with Gasteiger partial charge in [-0.25, -0.2) is 22.2 Å². The zero-order valence-corrected chi connectivity index (χ0v) is 15.7. The number of carbonyl (C=O) groups excluding carboxylic acids is 1. The molecular formula is C17H20F3N3O4S. The fourth-order valence-electron chi connectivity index (χ4n) is 3.88. The number of phenols is 1. The molecule has 3 aliphatic rings. The van der Waals surface area contributed by atoms with Crippen LogP contribution in [-0.2, 0) is 27.8 Å². The minimum atomic E-state index is -4.27. The molecule has 1 aromatic carbocycles. The van der Waals surface area contributed by atoms with Gasteiger partial charge in [-0.15, -0.1) is 0 Å². The smallest absolute Gasteiger partial charge is 0.326 e. The van der Waals surface area contributed by atoms with Gasteiger partial charge in [0, 0.05) is 18.0 Å². The summed E-state index contributed by atoms with van der Waals surface area (Å²) in [5, 5.41) is 13.3. The largest absolute Gasteiger partial charge is 0.506 e. The van der Waals surface area contributed by atoms with Gasteiger partial charge < -0.3 is 10.4 Å². The average Bonchev–Trinajstić information content (AvgIpc) is 3.35. The standard InChI is InChI=1S/C17H20F3N3O4S/c18-14-11-6-10(21-8-17(3-4-17)16(19)20)2-1-9(11)5-12(24)15(14)23-7-13(25)22-28(23,26)27/h5,10,16,21,24H,1-4,6-8H2,(H,22,25)/t10-/m1/s1. The first-order chi connectivity index (χ1) is 13.1. The van der Waals surface area contributed by atoms with Crippen LogP contribution in [0.1, 0.15) is 30.4 Å². The van der Waals surface area contributed by atoms with Gasteiger partial charge in [-0.05, 0) is 49.3 Å². The molecule has 1 amide bonds.